The molecule has 1 unspecified atom stereocenters. The molecule has 1 aromatic carbocycles. The van der Waals surface area contributed by atoms with E-state index in [0.717, 1.165) is 12.0 Å². The Bertz CT molecular complexity index is 368. The number of ether oxygens (including phenoxy) is 4. The summed E-state index contributed by atoms with van der Waals surface area (Å²) in [6.07, 6.45) is 0.748. The van der Waals surface area contributed by atoms with Gasteiger partial charge in [0.25, 0.3) is 0 Å². The Balaban J connectivity index is 2.99. The van der Waals surface area contributed by atoms with Crippen molar-refractivity contribution in [2.24, 2.45) is 5.73 Å². The van der Waals surface area contributed by atoms with Crippen molar-refractivity contribution in [3.8, 4) is 17.2 Å². The van der Waals surface area contributed by atoms with Crippen LogP contribution in [-0.4, -0.2) is 33.7 Å². The summed E-state index contributed by atoms with van der Waals surface area (Å²) in [5.74, 6) is 1.79. The fourth-order valence-corrected chi connectivity index (χ4v) is 1.75. The average Bonchev–Trinajstić information content (AvgIpc) is 2.38. The molecule has 0 aromatic heterocycles. The van der Waals surface area contributed by atoms with Crippen molar-refractivity contribution in [3.05, 3.63) is 17.7 Å². The highest BCUT2D eigenvalue weighted by Crippen LogP contribution is 2.38. The number of nitrogens with two attached hydrogens (primary N) is 1. The largest absolute Gasteiger partial charge is 0.493 e. The highest BCUT2D eigenvalue weighted by molar-refractivity contribution is 5.54. The molecule has 108 valence electrons. The second-order valence-electron chi connectivity index (χ2n) is 4.27. The minimum Gasteiger partial charge on any atom is -0.493 e. The maximum Gasteiger partial charge on any atom is 0.206 e. The number of hydrogen-bond acceptors (Lipinski definition) is 5. The minimum absolute atomic E-state index is 0.0737. The molecule has 1 atom stereocenters. The molecule has 0 saturated heterocycles. The molecule has 0 aliphatic heterocycles. The third-order valence-electron chi connectivity index (χ3n) is 2.57. The smallest absolute Gasteiger partial charge is 0.206 e. The van der Waals surface area contributed by atoms with Crippen LogP contribution in [0.4, 0.5) is 0 Å². The minimum atomic E-state index is 0.0737. The highest BCUT2D eigenvalue weighted by Gasteiger charge is 2.14. The predicted octanol–water partition coefficient (Wildman–Crippen LogP) is 1.97. The first kappa shape index (κ1) is 15.6. The van der Waals surface area contributed by atoms with Crippen LogP contribution < -0.4 is 19.9 Å². The molecule has 0 saturated carbocycles. The van der Waals surface area contributed by atoms with E-state index in [2.05, 4.69) is 0 Å². The van der Waals surface area contributed by atoms with Gasteiger partial charge in [-0.05, 0) is 38.0 Å². The third-order valence-corrected chi connectivity index (χ3v) is 2.57. The summed E-state index contributed by atoms with van der Waals surface area (Å²) in [7, 11) is 3.19. The molecule has 5 heteroatoms. The zero-order valence-corrected chi connectivity index (χ0v) is 12.1. The number of methoxy groups -OCH3 is 2. The second-order valence-corrected chi connectivity index (χ2v) is 4.27. The standard InChI is InChI=1S/C14H23NO4/c1-5-18-9-19-14-12(16-3)7-11(6-10(2)15)8-13(14)17-4/h7-8,10H,5-6,9,15H2,1-4H3. The maximum atomic E-state index is 5.81. The first-order chi connectivity index (χ1) is 9.12. The van der Waals surface area contributed by atoms with E-state index in [1.165, 1.54) is 0 Å². The molecule has 0 radical (unpaired) electrons. The van der Waals surface area contributed by atoms with E-state index < -0.39 is 0 Å². The Morgan fingerprint density at radius 1 is 1.16 bits per heavy atom. The number of rotatable bonds is 8. The van der Waals surface area contributed by atoms with Gasteiger partial charge in [0, 0.05) is 12.6 Å². The number of benzene rings is 1. The normalized spacial score (nSPS) is 12.1. The molecule has 0 aliphatic carbocycles. The van der Waals surface area contributed by atoms with Gasteiger partial charge in [-0.2, -0.15) is 0 Å². The van der Waals surface area contributed by atoms with Gasteiger partial charge in [-0.1, -0.05) is 0 Å². The van der Waals surface area contributed by atoms with Crippen LogP contribution in [-0.2, 0) is 11.2 Å². The van der Waals surface area contributed by atoms with Gasteiger partial charge in [-0.25, -0.2) is 0 Å². The monoisotopic (exact) mass is 269 g/mol. The average molecular weight is 269 g/mol. The van der Waals surface area contributed by atoms with E-state index in [9.17, 15) is 0 Å². The summed E-state index contributed by atoms with van der Waals surface area (Å²) in [5, 5.41) is 0. The van der Waals surface area contributed by atoms with Crippen molar-refractivity contribution >= 4 is 0 Å². The van der Waals surface area contributed by atoms with Gasteiger partial charge in [-0.15, -0.1) is 0 Å². The van der Waals surface area contributed by atoms with Crippen molar-refractivity contribution in [3.63, 3.8) is 0 Å². The van der Waals surface area contributed by atoms with E-state index in [1.807, 2.05) is 26.0 Å². The molecule has 2 N–H and O–H groups in total. The van der Waals surface area contributed by atoms with E-state index in [-0.39, 0.29) is 12.8 Å². The molecular formula is C14H23NO4. The number of hydrogen-bond donors (Lipinski definition) is 1. The van der Waals surface area contributed by atoms with Crippen molar-refractivity contribution in [2.75, 3.05) is 27.6 Å². The maximum absolute atomic E-state index is 5.81. The van der Waals surface area contributed by atoms with Crippen LogP contribution in [0.15, 0.2) is 12.1 Å². The lowest BCUT2D eigenvalue weighted by molar-refractivity contribution is 0.0193. The summed E-state index contributed by atoms with van der Waals surface area (Å²) >= 11 is 0. The first-order valence-electron chi connectivity index (χ1n) is 6.33. The summed E-state index contributed by atoms with van der Waals surface area (Å²) in [5.41, 5.74) is 6.86. The van der Waals surface area contributed by atoms with Crippen molar-refractivity contribution < 1.29 is 18.9 Å². The molecule has 0 heterocycles. The molecular weight excluding hydrogens is 246 g/mol. The van der Waals surface area contributed by atoms with E-state index in [4.69, 9.17) is 24.7 Å². The van der Waals surface area contributed by atoms with Gasteiger partial charge in [-0.3, -0.25) is 0 Å². The summed E-state index contributed by atoms with van der Waals surface area (Å²) in [4.78, 5) is 0. The topological polar surface area (TPSA) is 62.9 Å². The lowest BCUT2D eigenvalue weighted by atomic mass is 10.1. The zero-order valence-electron chi connectivity index (χ0n) is 12.1. The Kier molecular flexibility index (Phi) is 6.45. The predicted molar refractivity (Wildman–Crippen MR) is 74.0 cm³/mol. The van der Waals surface area contributed by atoms with E-state index in [0.29, 0.717) is 23.9 Å². The summed E-state index contributed by atoms with van der Waals surface area (Å²) in [6, 6.07) is 3.89. The molecule has 1 aromatic rings. The van der Waals surface area contributed by atoms with Crippen LogP contribution >= 0.6 is 0 Å². The molecule has 0 bridgehead atoms. The van der Waals surface area contributed by atoms with Crippen LogP contribution in [0.5, 0.6) is 17.2 Å². The Morgan fingerprint density at radius 2 is 1.74 bits per heavy atom. The molecule has 0 aliphatic rings. The second kappa shape index (κ2) is 7.86. The molecule has 0 amide bonds. The highest BCUT2D eigenvalue weighted by atomic mass is 16.7. The first-order valence-corrected chi connectivity index (χ1v) is 6.33. The van der Waals surface area contributed by atoms with E-state index >= 15 is 0 Å². The zero-order chi connectivity index (χ0) is 14.3. The van der Waals surface area contributed by atoms with Gasteiger partial charge < -0.3 is 24.7 Å². The summed E-state index contributed by atoms with van der Waals surface area (Å²) < 4.78 is 21.4. The Hall–Kier alpha value is -1.46. The van der Waals surface area contributed by atoms with Crippen LogP contribution in [0.3, 0.4) is 0 Å². The van der Waals surface area contributed by atoms with Gasteiger partial charge in [0.15, 0.2) is 18.3 Å². The van der Waals surface area contributed by atoms with Crippen LogP contribution in [0.2, 0.25) is 0 Å². The Morgan fingerprint density at radius 3 is 2.16 bits per heavy atom. The molecule has 0 spiro atoms. The molecule has 19 heavy (non-hydrogen) atoms. The van der Waals surface area contributed by atoms with Crippen LogP contribution in [0.25, 0.3) is 0 Å². The molecule has 1 rings (SSSR count). The summed E-state index contributed by atoms with van der Waals surface area (Å²) in [6.45, 7) is 4.62. The van der Waals surface area contributed by atoms with Crippen LogP contribution in [0.1, 0.15) is 19.4 Å². The lowest BCUT2D eigenvalue weighted by Gasteiger charge is -2.16. The third kappa shape index (κ3) is 4.61. The fourth-order valence-electron chi connectivity index (χ4n) is 1.75. The van der Waals surface area contributed by atoms with Gasteiger partial charge >= 0.3 is 0 Å². The van der Waals surface area contributed by atoms with Crippen LogP contribution in [0, 0.1) is 0 Å². The molecule has 5 nitrogen and oxygen atoms in total. The van der Waals surface area contributed by atoms with E-state index in [1.54, 1.807) is 14.2 Å². The lowest BCUT2D eigenvalue weighted by Crippen LogP contribution is -2.18. The Labute approximate surface area is 114 Å². The fraction of sp³-hybridized carbons (Fsp3) is 0.571. The van der Waals surface area contributed by atoms with Gasteiger partial charge in [0.1, 0.15) is 0 Å². The SMILES string of the molecule is CCOCOc1c(OC)cc(CC(C)N)cc1OC. The van der Waals surface area contributed by atoms with Crippen molar-refractivity contribution in [1.82, 2.24) is 0 Å². The van der Waals surface area contributed by atoms with Gasteiger partial charge in [0.2, 0.25) is 5.75 Å². The van der Waals surface area contributed by atoms with Crippen molar-refractivity contribution in [1.29, 1.82) is 0 Å². The quantitative estimate of drug-likeness (QED) is 0.577. The van der Waals surface area contributed by atoms with Gasteiger partial charge in [0.05, 0.1) is 14.2 Å². The molecule has 0 fully saturated rings. The van der Waals surface area contributed by atoms with Crippen molar-refractivity contribution in [2.45, 2.75) is 26.3 Å².